The van der Waals surface area contributed by atoms with Gasteiger partial charge in [-0.15, -0.1) is 5.10 Å². The Balaban J connectivity index is 1.58. The van der Waals surface area contributed by atoms with E-state index in [1.165, 1.54) is 35.0 Å². The van der Waals surface area contributed by atoms with E-state index in [-0.39, 0.29) is 17.2 Å². The number of nitrogens with zero attached hydrogens (tertiary/aromatic N) is 5. The molecule has 1 saturated heterocycles. The zero-order valence-electron chi connectivity index (χ0n) is 14.4. The van der Waals surface area contributed by atoms with Gasteiger partial charge in [0.25, 0.3) is 5.91 Å². The number of nitrogens with one attached hydrogen (secondary N) is 1. The molecule has 0 atom stereocenters. The average Bonchev–Trinajstić information content (AvgIpc) is 3.26. The summed E-state index contributed by atoms with van der Waals surface area (Å²) in [6.07, 6.45) is 3.43. The number of nitro groups is 1. The highest BCUT2D eigenvalue weighted by Crippen LogP contribution is 2.31. The maximum Gasteiger partial charge on any atom is 0.433 e. The van der Waals surface area contributed by atoms with Crippen LogP contribution in [0.4, 0.5) is 5.88 Å². The van der Waals surface area contributed by atoms with Crippen molar-refractivity contribution in [3.63, 3.8) is 0 Å². The molecule has 3 aliphatic rings. The number of amides is 1. The molecule has 0 aromatic carbocycles. The molecule has 10 nitrogen and oxygen atoms in total. The average molecular weight is 388 g/mol. The number of piperidine rings is 1. The molecule has 1 aromatic heterocycles. The van der Waals surface area contributed by atoms with Crippen LogP contribution in [-0.4, -0.2) is 50.0 Å². The molecule has 140 valence electrons. The second kappa shape index (κ2) is 6.65. The minimum atomic E-state index is -0.667. The second-order valence-electron chi connectivity index (χ2n) is 6.51. The number of rotatable bonds is 2. The number of thioether (sulfide) groups is 1. The van der Waals surface area contributed by atoms with Gasteiger partial charge in [-0.3, -0.25) is 20.3 Å². The van der Waals surface area contributed by atoms with E-state index in [0.717, 1.165) is 31.1 Å². The van der Waals surface area contributed by atoms with Gasteiger partial charge in [0.1, 0.15) is 10.7 Å². The smallest absolute Gasteiger partial charge is 0.401 e. The van der Waals surface area contributed by atoms with Gasteiger partial charge >= 0.3 is 5.88 Å². The van der Waals surface area contributed by atoms with E-state index in [4.69, 9.17) is 9.83 Å². The van der Waals surface area contributed by atoms with Crippen molar-refractivity contribution in [3.8, 4) is 0 Å². The number of carbonyl (C=O) groups is 1. The standard InChI is InChI=1S/C16H16N6O4S/c1-9-4-6-20(7-5-9)16-19-21-13(17)11(14(23)18-15(21)27-16)8-10-2-3-12(26-10)22(24)25/h2-3,8-9,17H,4-7H2,1H3/b11-8+,17-13?. The first-order chi connectivity index (χ1) is 12.9. The number of amidine groups is 3. The SMILES string of the molecule is CC1CCN(C2=NN3C(=N)/C(=C\c4ccc([N+](=O)[O-])o4)C(=O)N=C3S2)CC1. The molecular weight excluding hydrogens is 372 g/mol. The predicted octanol–water partition coefficient (Wildman–Crippen LogP) is 2.50. The Kier molecular flexibility index (Phi) is 4.30. The summed E-state index contributed by atoms with van der Waals surface area (Å²) in [6.45, 7) is 3.99. The lowest BCUT2D eigenvalue weighted by atomic mass is 10.00. The second-order valence-corrected chi connectivity index (χ2v) is 7.44. The first-order valence-corrected chi connectivity index (χ1v) is 9.23. The Morgan fingerprint density at radius 2 is 2.11 bits per heavy atom. The molecule has 3 aliphatic heterocycles. The molecule has 4 rings (SSSR count). The first kappa shape index (κ1) is 17.5. The molecule has 0 bridgehead atoms. The molecule has 0 aliphatic carbocycles. The summed E-state index contributed by atoms with van der Waals surface area (Å²) in [5, 5.41) is 25.9. The van der Waals surface area contributed by atoms with E-state index in [1.54, 1.807) is 0 Å². The van der Waals surface area contributed by atoms with Crippen molar-refractivity contribution < 1.29 is 14.1 Å². The van der Waals surface area contributed by atoms with Gasteiger partial charge in [0.05, 0.1) is 11.6 Å². The van der Waals surface area contributed by atoms with E-state index < -0.39 is 16.7 Å². The van der Waals surface area contributed by atoms with Crippen LogP contribution in [0.5, 0.6) is 0 Å². The number of fused-ring (bicyclic) bond motifs is 1. The molecule has 11 heteroatoms. The van der Waals surface area contributed by atoms with Crippen molar-refractivity contribution >= 4 is 45.8 Å². The Bertz CT molecular complexity index is 925. The highest BCUT2D eigenvalue weighted by atomic mass is 32.2. The number of hydrazone groups is 1. The molecule has 0 unspecified atom stereocenters. The van der Waals surface area contributed by atoms with Crippen LogP contribution >= 0.6 is 11.8 Å². The molecule has 1 aromatic rings. The Morgan fingerprint density at radius 3 is 2.78 bits per heavy atom. The minimum absolute atomic E-state index is 0.0270. The fourth-order valence-electron chi connectivity index (χ4n) is 2.97. The summed E-state index contributed by atoms with van der Waals surface area (Å²) in [4.78, 5) is 28.5. The van der Waals surface area contributed by atoms with Gasteiger partial charge in [0.15, 0.2) is 11.0 Å². The van der Waals surface area contributed by atoms with Crippen molar-refractivity contribution in [1.29, 1.82) is 5.41 Å². The summed E-state index contributed by atoms with van der Waals surface area (Å²) in [5.74, 6) is -0.370. The van der Waals surface area contributed by atoms with Gasteiger partial charge in [-0.05, 0) is 42.7 Å². The van der Waals surface area contributed by atoms with Crippen molar-refractivity contribution in [3.05, 3.63) is 33.6 Å². The highest BCUT2D eigenvalue weighted by Gasteiger charge is 2.38. The molecule has 0 saturated carbocycles. The number of likely N-dealkylation sites (tertiary alicyclic amines) is 1. The fraction of sp³-hybridized carbons (Fsp3) is 0.375. The molecular formula is C16H16N6O4S. The maximum atomic E-state index is 12.3. The van der Waals surface area contributed by atoms with Crippen molar-refractivity contribution in [1.82, 2.24) is 9.91 Å². The summed E-state index contributed by atoms with van der Waals surface area (Å²) in [6, 6.07) is 2.56. The van der Waals surface area contributed by atoms with E-state index in [9.17, 15) is 14.9 Å². The van der Waals surface area contributed by atoms with E-state index in [0.29, 0.717) is 11.1 Å². The Labute approximate surface area is 158 Å². The molecule has 0 radical (unpaired) electrons. The van der Waals surface area contributed by atoms with Gasteiger partial charge in [-0.25, -0.2) is 0 Å². The van der Waals surface area contributed by atoms with Crippen LogP contribution in [0.15, 0.2) is 32.2 Å². The minimum Gasteiger partial charge on any atom is -0.401 e. The van der Waals surface area contributed by atoms with E-state index >= 15 is 0 Å². The Hall–Kier alpha value is -2.95. The monoisotopic (exact) mass is 388 g/mol. The van der Waals surface area contributed by atoms with Crippen LogP contribution < -0.4 is 0 Å². The third kappa shape index (κ3) is 3.25. The molecule has 1 fully saturated rings. The number of hydrogen-bond acceptors (Lipinski definition) is 8. The third-order valence-corrected chi connectivity index (χ3v) is 5.55. The number of carbonyl (C=O) groups excluding carboxylic acids is 1. The van der Waals surface area contributed by atoms with Crippen LogP contribution in [0, 0.1) is 21.4 Å². The molecule has 1 amide bonds. The zero-order chi connectivity index (χ0) is 19.1. The summed E-state index contributed by atoms with van der Waals surface area (Å²) in [5.41, 5.74) is -0.0270. The molecule has 0 spiro atoms. The van der Waals surface area contributed by atoms with Crippen LogP contribution in [0.2, 0.25) is 0 Å². The highest BCUT2D eigenvalue weighted by molar-refractivity contribution is 8.26. The van der Waals surface area contributed by atoms with Crippen LogP contribution in [0.1, 0.15) is 25.5 Å². The van der Waals surface area contributed by atoms with Gasteiger partial charge in [0.2, 0.25) is 5.17 Å². The quantitative estimate of drug-likeness (QED) is 0.468. The van der Waals surface area contributed by atoms with Crippen molar-refractivity contribution in [2.45, 2.75) is 19.8 Å². The van der Waals surface area contributed by atoms with Gasteiger partial charge < -0.3 is 9.32 Å². The molecule has 4 heterocycles. The van der Waals surface area contributed by atoms with Crippen LogP contribution in [0.3, 0.4) is 0 Å². The normalized spacial score (nSPS) is 22.2. The lowest BCUT2D eigenvalue weighted by Crippen LogP contribution is -2.36. The number of hydrogen-bond donors (Lipinski definition) is 1. The van der Waals surface area contributed by atoms with Crippen LogP contribution in [-0.2, 0) is 4.79 Å². The molecule has 1 N–H and O–H groups in total. The number of aliphatic imine (C=N–C) groups is 1. The summed E-state index contributed by atoms with van der Waals surface area (Å²) >= 11 is 1.28. The van der Waals surface area contributed by atoms with Gasteiger partial charge in [-0.1, -0.05) is 6.92 Å². The Morgan fingerprint density at radius 1 is 1.37 bits per heavy atom. The topological polar surface area (TPSA) is 128 Å². The van der Waals surface area contributed by atoms with E-state index in [1.807, 2.05) is 0 Å². The maximum absolute atomic E-state index is 12.3. The number of furan rings is 1. The summed E-state index contributed by atoms with van der Waals surface area (Å²) < 4.78 is 5.04. The zero-order valence-corrected chi connectivity index (χ0v) is 15.2. The van der Waals surface area contributed by atoms with E-state index in [2.05, 4.69) is 21.9 Å². The molecule has 27 heavy (non-hydrogen) atoms. The fourth-order valence-corrected chi connectivity index (χ4v) is 3.91. The van der Waals surface area contributed by atoms with Crippen molar-refractivity contribution in [2.75, 3.05) is 13.1 Å². The van der Waals surface area contributed by atoms with Crippen LogP contribution in [0.25, 0.3) is 6.08 Å². The predicted molar refractivity (Wildman–Crippen MR) is 100 cm³/mol. The lowest BCUT2D eigenvalue weighted by molar-refractivity contribution is -0.402. The first-order valence-electron chi connectivity index (χ1n) is 8.42. The van der Waals surface area contributed by atoms with Crippen molar-refractivity contribution in [2.24, 2.45) is 16.0 Å². The van der Waals surface area contributed by atoms with Gasteiger partial charge in [-0.2, -0.15) is 10.0 Å². The van der Waals surface area contributed by atoms with Gasteiger partial charge in [0, 0.05) is 13.1 Å². The largest absolute Gasteiger partial charge is 0.433 e. The summed E-state index contributed by atoms with van der Waals surface area (Å²) in [7, 11) is 0. The third-order valence-electron chi connectivity index (χ3n) is 4.58. The lowest BCUT2D eigenvalue weighted by Gasteiger charge is -2.30.